The van der Waals surface area contributed by atoms with Crippen LogP contribution in [-0.2, 0) is 18.9 Å². The van der Waals surface area contributed by atoms with Crippen molar-refractivity contribution in [2.45, 2.75) is 18.3 Å². The quantitative estimate of drug-likeness (QED) is 0.564. The number of hydrogen-bond donors (Lipinski definition) is 0. The third-order valence-electron chi connectivity index (χ3n) is 2.08. The second-order valence-electron chi connectivity index (χ2n) is 2.80. The number of alkyl halides is 1. The van der Waals surface area contributed by atoms with Crippen molar-refractivity contribution in [3.05, 3.63) is 0 Å². The Hall–Kier alpha value is 0.130. The molecule has 0 aromatic rings. The summed E-state index contributed by atoms with van der Waals surface area (Å²) < 4.78 is 21.0. The topological polar surface area (TPSA) is 36.9 Å². The molecule has 3 unspecified atom stereocenters. The first-order valence-electron chi connectivity index (χ1n) is 3.90. The Bertz CT molecular complexity index is 146. The van der Waals surface area contributed by atoms with Crippen LogP contribution in [0, 0.1) is 0 Å². The molecular formula is C7H11ClO4. The van der Waals surface area contributed by atoms with Gasteiger partial charge >= 0.3 is 0 Å². The number of rotatable bonds is 1. The zero-order valence-electron chi connectivity index (χ0n) is 6.57. The van der Waals surface area contributed by atoms with E-state index in [9.17, 15) is 0 Å². The van der Waals surface area contributed by atoms with E-state index in [2.05, 4.69) is 0 Å². The van der Waals surface area contributed by atoms with Crippen molar-refractivity contribution in [2.24, 2.45) is 0 Å². The zero-order valence-corrected chi connectivity index (χ0v) is 7.33. The van der Waals surface area contributed by atoms with Crippen LogP contribution in [0.2, 0.25) is 0 Å². The Morgan fingerprint density at radius 3 is 2.92 bits per heavy atom. The summed E-state index contributed by atoms with van der Waals surface area (Å²) in [6.45, 7) is 1.16. The maximum Gasteiger partial charge on any atom is 0.147 e. The van der Waals surface area contributed by atoms with Crippen LogP contribution in [0.15, 0.2) is 0 Å². The minimum absolute atomic E-state index is 0.0174. The van der Waals surface area contributed by atoms with Crippen molar-refractivity contribution in [1.29, 1.82) is 0 Å². The van der Waals surface area contributed by atoms with Gasteiger partial charge in [-0.2, -0.15) is 0 Å². The Morgan fingerprint density at radius 1 is 1.17 bits per heavy atom. The molecule has 2 aliphatic rings. The first kappa shape index (κ1) is 8.72. The Labute approximate surface area is 75.7 Å². The van der Waals surface area contributed by atoms with Gasteiger partial charge in [0.05, 0.1) is 12.5 Å². The molecule has 0 saturated carbocycles. The Kier molecular flexibility index (Phi) is 2.83. The van der Waals surface area contributed by atoms with Gasteiger partial charge in [-0.15, -0.1) is 11.6 Å². The molecular weight excluding hydrogens is 184 g/mol. The van der Waals surface area contributed by atoms with E-state index in [1.165, 1.54) is 0 Å². The highest BCUT2D eigenvalue weighted by Crippen LogP contribution is 2.21. The molecule has 2 heterocycles. The highest BCUT2D eigenvalue weighted by molar-refractivity contribution is 6.18. The van der Waals surface area contributed by atoms with E-state index >= 15 is 0 Å². The molecule has 2 fully saturated rings. The van der Waals surface area contributed by atoms with Crippen molar-refractivity contribution in [3.8, 4) is 0 Å². The van der Waals surface area contributed by atoms with Crippen LogP contribution in [0.1, 0.15) is 0 Å². The predicted molar refractivity (Wildman–Crippen MR) is 41.0 cm³/mol. The van der Waals surface area contributed by atoms with Crippen LogP contribution >= 0.6 is 11.6 Å². The van der Waals surface area contributed by atoms with Crippen LogP contribution < -0.4 is 0 Å². The summed E-state index contributed by atoms with van der Waals surface area (Å²) in [5.41, 5.74) is 0. The van der Waals surface area contributed by atoms with Crippen molar-refractivity contribution < 1.29 is 18.9 Å². The molecule has 0 aromatic carbocycles. The van der Waals surface area contributed by atoms with Crippen LogP contribution in [-0.4, -0.2) is 44.4 Å². The number of halogens is 1. The number of ether oxygens (including phenoxy) is 4. The molecule has 2 saturated heterocycles. The lowest BCUT2D eigenvalue weighted by molar-refractivity contribution is -0.296. The number of hydrogen-bond acceptors (Lipinski definition) is 4. The van der Waals surface area contributed by atoms with E-state index < -0.39 is 0 Å². The molecule has 0 spiro atoms. The van der Waals surface area contributed by atoms with E-state index in [-0.39, 0.29) is 25.1 Å². The van der Waals surface area contributed by atoms with Gasteiger partial charge in [-0.1, -0.05) is 0 Å². The minimum Gasteiger partial charge on any atom is -0.353 e. The summed E-state index contributed by atoms with van der Waals surface area (Å²) in [6.07, 6.45) is -0.143. The summed E-state index contributed by atoms with van der Waals surface area (Å²) in [4.78, 5) is 0. The lowest BCUT2D eigenvalue weighted by Crippen LogP contribution is -2.53. The van der Waals surface area contributed by atoms with E-state index in [4.69, 9.17) is 30.5 Å². The third kappa shape index (κ3) is 1.58. The highest BCUT2D eigenvalue weighted by Gasteiger charge is 2.38. The molecule has 0 aliphatic carbocycles. The summed E-state index contributed by atoms with van der Waals surface area (Å²) in [5.74, 6) is 0.435. The molecule has 2 rings (SSSR count). The maximum atomic E-state index is 5.70. The predicted octanol–water partition coefficient (Wildman–Crippen LogP) is 0.340. The average molecular weight is 195 g/mol. The number of fused-ring (bicyclic) bond motifs is 1. The van der Waals surface area contributed by atoms with E-state index in [1.54, 1.807) is 0 Å². The van der Waals surface area contributed by atoms with Crippen LogP contribution in [0.25, 0.3) is 0 Å². The van der Waals surface area contributed by atoms with Crippen LogP contribution in [0.5, 0.6) is 0 Å². The van der Waals surface area contributed by atoms with Gasteiger partial charge in [0.25, 0.3) is 0 Å². The van der Waals surface area contributed by atoms with Crippen molar-refractivity contribution in [1.82, 2.24) is 0 Å². The van der Waals surface area contributed by atoms with Gasteiger partial charge in [0, 0.05) is 0 Å². The molecule has 3 atom stereocenters. The molecule has 0 radical (unpaired) electrons. The summed E-state index contributed by atoms with van der Waals surface area (Å²) in [6, 6.07) is 0. The lowest BCUT2D eigenvalue weighted by Gasteiger charge is -2.39. The molecule has 0 bridgehead atoms. The average Bonchev–Trinajstić information content (AvgIpc) is 2.17. The van der Waals surface area contributed by atoms with Crippen LogP contribution in [0.4, 0.5) is 0 Å². The first-order chi connectivity index (χ1) is 5.92. The van der Waals surface area contributed by atoms with Crippen LogP contribution in [0.3, 0.4) is 0 Å². The lowest BCUT2D eigenvalue weighted by atomic mass is 10.1. The first-order valence-corrected chi connectivity index (χ1v) is 4.44. The van der Waals surface area contributed by atoms with E-state index in [1.807, 2.05) is 0 Å². The van der Waals surface area contributed by atoms with Gasteiger partial charge < -0.3 is 18.9 Å². The smallest absolute Gasteiger partial charge is 0.147 e. The molecule has 70 valence electrons. The summed E-state index contributed by atoms with van der Waals surface area (Å²) in [5, 5.41) is 0. The minimum atomic E-state index is -0.0648. The Balaban J connectivity index is 1.99. The molecule has 4 nitrogen and oxygen atoms in total. The zero-order chi connectivity index (χ0) is 8.39. The SMILES string of the molecule is ClCC1OCOC2COCOC12. The van der Waals surface area contributed by atoms with Gasteiger partial charge in [0.2, 0.25) is 0 Å². The third-order valence-corrected chi connectivity index (χ3v) is 2.38. The van der Waals surface area contributed by atoms with Gasteiger partial charge in [-0.25, -0.2) is 0 Å². The van der Waals surface area contributed by atoms with Crippen molar-refractivity contribution >= 4 is 11.6 Å². The molecule has 0 amide bonds. The normalized spacial score (nSPS) is 42.2. The molecule has 2 aliphatic heterocycles. The molecule has 12 heavy (non-hydrogen) atoms. The van der Waals surface area contributed by atoms with E-state index in [0.29, 0.717) is 19.3 Å². The van der Waals surface area contributed by atoms with Gasteiger partial charge in [0.15, 0.2) is 0 Å². The monoisotopic (exact) mass is 194 g/mol. The second-order valence-corrected chi connectivity index (χ2v) is 3.11. The fourth-order valence-corrected chi connectivity index (χ4v) is 1.69. The fraction of sp³-hybridized carbons (Fsp3) is 1.00. The second kappa shape index (κ2) is 3.89. The van der Waals surface area contributed by atoms with Gasteiger partial charge in [-0.05, 0) is 0 Å². The highest BCUT2D eigenvalue weighted by atomic mass is 35.5. The van der Waals surface area contributed by atoms with Gasteiger partial charge in [0.1, 0.15) is 31.9 Å². The fourth-order valence-electron chi connectivity index (χ4n) is 1.42. The standard InChI is InChI=1S/C7H11ClO4/c8-1-5-7-6(11-4-10-5)2-9-3-12-7/h5-7H,1-4H2. The molecule has 0 aromatic heterocycles. The van der Waals surface area contributed by atoms with E-state index in [0.717, 1.165) is 0 Å². The Morgan fingerprint density at radius 2 is 2.08 bits per heavy atom. The van der Waals surface area contributed by atoms with Crippen molar-refractivity contribution in [3.63, 3.8) is 0 Å². The van der Waals surface area contributed by atoms with Gasteiger partial charge in [-0.3, -0.25) is 0 Å². The summed E-state index contributed by atoms with van der Waals surface area (Å²) in [7, 11) is 0. The summed E-state index contributed by atoms with van der Waals surface area (Å²) >= 11 is 5.70. The largest absolute Gasteiger partial charge is 0.353 e. The van der Waals surface area contributed by atoms with Crippen molar-refractivity contribution in [2.75, 3.05) is 26.1 Å². The molecule has 0 N–H and O–H groups in total. The maximum absolute atomic E-state index is 5.70. The molecule has 5 heteroatoms.